The number of aromatic amines is 1. The number of hydrogen-bond acceptors (Lipinski definition) is 3. The fourth-order valence-electron chi connectivity index (χ4n) is 4.25. The maximum absolute atomic E-state index is 13.7. The minimum atomic E-state index is -0.487. The van der Waals surface area contributed by atoms with Gasteiger partial charge in [0.15, 0.2) is 5.78 Å². The average Bonchev–Trinajstić information content (AvgIpc) is 3.49. The second kappa shape index (κ2) is 9.45. The number of Topliss-reactive ketones (excluding diaryl/α,β-unsaturated/α-hetero) is 1. The Kier molecular flexibility index (Phi) is 6.06. The van der Waals surface area contributed by atoms with E-state index in [1.54, 1.807) is 23.0 Å². The van der Waals surface area contributed by atoms with Crippen molar-refractivity contribution in [2.75, 3.05) is 6.54 Å². The number of halogens is 1. The van der Waals surface area contributed by atoms with Gasteiger partial charge in [-0.25, -0.2) is 4.39 Å². The van der Waals surface area contributed by atoms with Crippen LogP contribution >= 0.6 is 0 Å². The highest BCUT2D eigenvalue weighted by molar-refractivity contribution is 6.11. The van der Waals surface area contributed by atoms with Gasteiger partial charge in [-0.1, -0.05) is 54.6 Å². The van der Waals surface area contributed by atoms with Crippen LogP contribution in [0.1, 0.15) is 27.5 Å². The summed E-state index contributed by atoms with van der Waals surface area (Å²) in [5, 5.41) is 8.56. The van der Waals surface area contributed by atoms with Gasteiger partial charge in [0.1, 0.15) is 5.82 Å². The smallest absolute Gasteiger partial charge is 0.186 e. The number of hydrogen-bond donors (Lipinski definition) is 2. The van der Waals surface area contributed by atoms with Crippen LogP contribution in [0.2, 0.25) is 0 Å². The van der Waals surface area contributed by atoms with Crippen molar-refractivity contribution >= 4 is 16.7 Å². The molecule has 6 heteroatoms. The van der Waals surface area contributed by atoms with Gasteiger partial charge in [-0.05, 0) is 41.3 Å². The number of nitrogens with zero attached hydrogens (tertiary/aromatic N) is 2. The fraction of sp³-hybridized carbons (Fsp3) is 0.143. The van der Waals surface area contributed by atoms with Gasteiger partial charge >= 0.3 is 0 Å². The maximum Gasteiger partial charge on any atom is 0.186 e. The van der Waals surface area contributed by atoms with Crippen LogP contribution in [0.15, 0.2) is 91.4 Å². The Morgan fingerprint density at radius 2 is 1.85 bits per heavy atom. The number of aromatic nitrogens is 3. The monoisotopic (exact) mass is 452 g/mol. The van der Waals surface area contributed by atoms with Crippen molar-refractivity contribution in [1.29, 1.82) is 0 Å². The lowest BCUT2D eigenvalue weighted by Gasteiger charge is -2.18. The number of carbonyl (C=O) groups excluding carboxylic acids is 1. The first-order valence-corrected chi connectivity index (χ1v) is 11.3. The van der Waals surface area contributed by atoms with Gasteiger partial charge in [0.25, 0.3) is 0 Å². The van der Waals surface area contributed by atoms with Crippen LogP contribution in [0.4, 0.5) is 4.39 Å². The summed E-state index contributed by atoms with van der Waals surface area (Å²) in [7, 11) is 1.89. The Balaban J connectivity index is 1.40. The number of benzene rings is 3. The quantitative estimate of drug-likeness (QED) is 0.307. The van der Waals surface area contributed by atoms with Crippen LogP contribution in [0.3, 0.4) is 0 Å². The Labute approximate surface area is 197 Å². The summed E-state index contributed by atoms with van der Waals surface area (Å²) in [4.78, 5) is 17.0. The molecule has 0 fully saturated rings. The van der Waals surface area contributed by atoms with E-state index < -0.39 is 6.04 Å². The minimum absolute atomic E-state index is 0.00526. The molecule has 0 amide bonds. The number of nitrogens with one attached hydrogen (secondary N) is 2. The minimum Gasteiger partial charge on any atom is -0.360 e. The summed E-state index contributed by atoms with van der Waals surface area (Å²) in [5.74, 6) is -0.245. The van der Waals surface area contributed by atoms with Gasteiger partial charge in [0.2, 0.25) is 0 Å². The number of H-pyrrole nitrogens is 1. The summed E-state index contributed by atoms with van der Waals surface area (Å²) in [6.45, 7) is 0.588. The predicted molar refractivity (Wildman–Crippen MR) is 132 cm³/mol. The highest BCUT2D eigenvalue weighted by atomic mass is 19.1. The summed E-state index contributed by atoms with van der Waals surface area (Å²) in [6, 6.07) is 21.8. The number of aryl methyl sites for hydroxylation is 1. The van der Waals surface area contributed by atoms with E-state index in [1.807, 2.05) is 68.0 Å². The lowest BCUT2D eigenvalue weighted by molar-refractivity contribution is 0.0945. The lowest BCUT2D eigenvalue weighted by Crippen LogP contribution is -2.30. The number of carbonyl (C=O) groups is 1. The molecule has 0 aliphatic rings. The standard InChI is InChI=1S/C28H25FN4O/c1-33-18-22(16-32-33)21-9-12-24-25(17-31-26(24)15-21)28(34)27(20-5-3-2-4-6-20)30-14-13-19-7-10-23(29)11-8-19/h2-12,15-18,27,30-31H,13-14H2,1H3/t27-/m1/s1. The van der Waals surface area contributed by atoms with E-state index in [4.69, 9.17) is 0 Å². The molecular formula is C28H25FN4O. The molecule has 0 unspecified atom stereocenters. The Bertz CT molecular complexity index is 1420. The Morgan fingerprint density at radius 3 is 2.59 bits per heavy atom. The molecule has 2 heterocycles. The molecule has 0 saturated heterocycles. The third-order valence-corrected chi connectivity index (χ3v) is 6.06. The Morgan fingerprint density at radius 1 is 1.06 bits per heavy atom. The third-order valence-electron chi connectivity index (χ3n) is 6.06. The molecule has 2 aromatic heterocycles. The fourth-order valence-corrected chi connectivity index (χ4v) is 4.25. The van der Waals surface area contributed by atoms with Crippen LogP contribution in [-0.2, 0) is 13.5 Å². The van der Waals surface area contributed by atoms with E-state index in [1.165, 1.54) is 12.1 Å². The van der Waals surface area contributed by atoms with Gasteiger partial charge in [-0.15, -0.1) is 0 Å². The molecule has 3 aromatic carbocycles. The molecule has 0 aliphatic carbocycles. The molecular weight excluding hydrogens is 427 g/mol. The third kappa shape index (κ3) is 4.54. The van der Waals surface area contributed by atoms with Gasteiger partial charge < -0.3 is 10.3 Å². The van der Waals surface area contributed by atoms with Crippen LogP contribution < -0.4 is 5.32 Å². The molecule has 5 nitrogen and oxygen atoms in total. The summed E-state index contributed by atoms with van der Waals surface area (Å²) in [6.07, 6.45) is 6.27. The molecule has 5 aromatic rings. The number of fused-ring (bicyclic) bond motifs is 1. The first-order valence-electron chi connectivity index (χ1n) is 11.3. The van der Waals surface area contributed by atoms with Gasteiger partial charge in [0.05, 0.1) is 12.2 Å². The molecule has 0 radical (unpaired) electrons. The second-order valence-corrected chi connectivity index (χ2v) is 8.40. The zero-order chi connectivity index (χ0) is 23.5. The van der Waals surface area contributed by atoms with Crippen molar-refractivity contribution in [2.45, 2.75) is 12.5 Å². The molecule has 1 atom stereocenters. The average molecular weight is 453 g/mol. The SMILES string of the molecule is Cn1cc(-c2ccc3c(C(=O)[C@H](NCCc4ccc(F)cc4)c4ccccc4)c[nH]c3c2)cn1. The van der Waals surface area contributed by atoms with Crippen LogP contribution in [0.25, 0.3) is 22.0 Å². The van der Waals surface area contributed by atoms with Crippen LogP contribution in [0, 0.1) is 5.82 Å². The van der Waals surface area contributed by atoms with Crippen LogP contribution in [0.5, 0.6) is 0 Å². The van der Waals surface area contributed by atoms with Crippen molar-refractivity contribution in [2.24, 2.45) is 7.05 Å². The predicted octanol–water partition coefficient (Wildman–Crippen LogP) is 5.46. The van der Waals surface area contributed by atoms with E-state index in [0.29, 0.717) is 18.5 Å². The zero-order valence-electron chi connectivity index (χ0n) is 18.8. The van der Waals surface area contributed by atoms with Gasteiger partial charge in [0, 0.05) is 48.0 Å². The molecule has 5 rings (SSSR count). The van der Waals surface area contributed by atoms with E-state index in [0.717, 1.165) is 33.2 Å². The molecule has 0 bridgehead atoms. The molecule has 0 saturated carbocycles. The number of ketones is 1. The lowest BCUT2D eigenvalue weighted by atomic mass is 9.96. The maximum atomic E-state index is 13.7. The van der Waals surface area contributed by atoms with Crippen molar-refractivity contribution in [3.63, 3.8) is 0 Å². The highest BCUT2D eigenvalue weighted by Gasteiger charge is 2.24. The van der Waals surface area contributed by atoms with Crippen molar-refractivity contribution in [1.82, 2.24) is 20.1 Å². The van der Waals surface area contributed by atoms with Crippen molar-refractivity contribution in [3.05, 3.63) is 114 Å². The Hall–Kier alpha value is -4.03. The van der Waals surface area contributed by atoms with Crippen LogP contribution in [-0.4, -0.2) is 27.1 Å². The van der Waals surface area contributed by atoms with Gasteiger partial charge in [-0.2, -0.15) is 5.10 Å². The largest absolute Gasteiger partial charge is 0.360 e. The molecule has 2 N–H and O–H groups in total. The summed E-state index contributed by atoms with van der Waals surface area (Å²) in [5.41, 5.74) is 5.55. The normalized spacial score (nSPS) is 12.2. The topological polar surface area (TPSA) is 62.7 Å². The van der Waals surface area contributed by atoms with E-state index in [2.05, 4.69) is 15.4 Å². The molecule has 0 aliphatic heterocycles. The second-order valence-electron chi connectivity index (χ2n) is 8.40. The summed E-state index contributed by atoms with van der Waals surface area (Å²) >= 11 is 0. The number of rotatable bonds is 8. The molecule has 34 heavy (non-hydrogen) atoms. The zero-order valence-corrected chi connectivity index (χ0v) is 18.8. The van der Waals surface area contributed by atoms with E-state index in [-0.39, 0.29) is 11.6 Å². The van der Waals surface area contributed by atoms with Gasteiger partial charge in [-0.3, -0.25) is 9.48 Å². The summed E-state index contributed by atoms with van der Waals surface area (Å²) < 4.78 is 15.0. The van der Waals surface area contributed by atoms with Crippen molar-refractivity contribution < 1.29 is 9.18 Å². The first kappa shape index (κ1) is 21.8. The molecule has 0 spiro atoms. The van der Waals surface area contributed by atoms with Crippen molar-refractivity contribution in [3.8, 4) is 11.1 Å². The first-order chi connectivity index (χ1) is 16.6. The van der Waals surface area contributed by atoms with E-state index in [9.17, 15) is 9.18 Å². The highest BCUT2D eigenvalue weighted by Crippen LogP contribution is 2.28. The van der Waals surface area contributed by atoms with E-state index >= 15 is 0 Å². The molecule has 170 valence electrons.